The van der Waals surface area contributed by atoms with Crippen molar-refractivity contribution < 1.29 is 4.79 Å². The Morgan fingerprint density at radius 3 is 2.29 bits per heavy atom. The summed E-state index contributed by atoms with van der Waals surface area (Å²) in [5, 5.41) is 3.06. The molecule has 1 saturated carbocycles. The Morgan fingerprint density at radius 2 is 1.75 bits per heavy atom. The summed E-state index contributed by atoms with van der Waals surface area (Å²) < 4.78 is 0.971. The Kier molecular flexibility index (Phi) is 5.74. The van der Waals surface area contributed by atoms with Crippen LogP contribution in [0.2, 0.25) is 0 Å². The lowest BCUT2D eigenvalue weighted by atomic mass is 9.91. The van der Waals surface area contributed by atoms with E-state index in [0.717, 1.165) is 22.9 Å². The Balaban J connectivity index is 0.00000208. The van der Waals surface area contributed by atoms with E-state index >= 15 is 0 Å². The van der Waals surface area contributed by atoms with Gasteiger partial charge in [-0.2, -0.15) is 0 Å². The van der Waals surface area contributed by atoms with Crippen molar-refractivity contribution in [3.8, 4) is 0 Å². The number of benzene rings is 2. The molecule has 0 saturated heterocycles. The van der Waals surface area contributed by atoms with Crippen LogP contribution in [0.3, 0.4) is 0 Å². The molecule has 3 nitrogen and oxygen atoms in total. The van der Waals surface area contributed by atoms with Gasteiger partial charge in [0.25, 0.3) is 0 Å². The predicted octanol–water partition coefficient (Wildman–Crippen LogP) is 3.89. The van der Waals surface area contributed by atoms with Crippen molar-refractivity contribution in [1.82, 2.24) is 5.32 Å². The third-order valence-electron chi connectivity index (χ3n) is 4.74. The van der Waals surface area contributed by atoms with Gasteiger partial charge < -0.3 is 11.1 Å². The van der Waals surface area contributed by atoms with E-state index in [1.54, 1.807) is 6.92 Å². The largest absolute Gasteiger partial charge is 0.353 e. The molecule has 1 amide bonds. The van der Waals surface area contributed by atoms with E-state index in [2.05, 4.69) is 33.4 Å². The quantitative estimate of drug-likeness (QED) is 0.787. The summed E-state index contributed by atoms with van der Waals surface area (Å²) in [4.78, 5) is 12.6. The molecular weight excluding hydrogens is 388 g/mol. The number of amides is 1. The molecule has 5 heteroatoms. The molecule has 1 atom stereocenters. The van der Waals surface area contributed by atoms with Crippen molar-refractivity contribution in [1.29, 1.82) is 0 Å². The van der Waals surface area contributed by atoms with Crippen molar-refractivity contribution in [2.24, 2.45) is 5.73 Å². The lowest BCUT2D eigenvalue weighted by molar-refractivity contribution is -0.126. The molecule has 0 aliphatic heterocycles. The van der Waals surface area contributed by atoms with Gasteiger partial charge in [0, 0.05) is 16.4 Å². The van der Waals surface area contributed by atoms with Crippen molar-refractivity contribution >= 4 is 34.2 Å². The van der Waals surface area contributed by atoms with Gasteiger partial charge in [-0.15, -0.1) is 12.4 Å². The number of rotatable bonds is 5. The number of hydrogen-bond acceptors (Lipinski definition) is 2. The fourth-order valence-electron chi connectivity index (χ4n) is 2.87. The van der Waals surface area contributed by atoms with Crippen LogP contribution in [0, 0.1) is 0 Å². The normalized spacial score (nSPS) is 17.3. The van der Waals surface area contributed by atoms with Crippen LogP contribution in [-0.2, 0) is 15.7 Å². The molecule has 3 rings (SSSR count). The highest BCUT2D eigenvalue weighted by Crippen LogP contribution is 2.47. The Labute approximate surface area is 157 Å². The average Bonchev–Trinajstić information content (AvgIpc) is 3.35. The zero-order chi connectivity index (χ0) is 16.5. The van der Waals surface area contributed by atoms with Gasteiger partial charge in [-0.25, -0.2) is 0 Å². The second kappa shape index (κ2) is 7.26. The smallest absolute Gasteiger partial charge is 0.244 e. The maximum Gasteiger partial charge on any atom is 0.244 e. The molecule has 2 aromatic carbocycles. The summed E-state index contributed by atoms with van der Waals surface area (Å²) in [5.74, 6) is -0.137. The van der Waals surface area contributed by atoms with E-state index in [0.29, 0.717) is 6.54 Å². The van der Waals surface area contributed by atoms with Crippen LogP contribution in [0.4, 0.5) is 0 Å². The number of halogens is 2. The van der Waals surface area contributed by atoms with Gasteiger partial charge in [0.1, 0.15) is 5.54 Å². The summed E-state index contributed by atoms with van der Waals surface area (Å²) in [6, 6.07) is 18.0. The van der Waals surface area contributed by atoms with E-state index in [4.69, 9.17) is 5.73 Å². The summed E-state index contributed by atoms with van der Waals surface area (Å²) in [7, 11) is 0. The number of nitrogens with two attached hydrogens (primary N) is 1. The molecule has 1 fully saturated rings. The van der Waals surface area contributed by atoms with E-state index < -0.39 is 5.54 Å². The summed E-state index contributed by atoms with van der Waals surface area (Å²) >= 11 is 3.40. The number of hydrogen-bond donors (Lipinski definition) is 2. The first-order valence-corrected chi connectivity index (χ1v) is 8.62. The standard InChI is InChI=1S/C19H21BrN2O.ClH/c1-18(21,14-7-9-16(20)10-8-14)17(23)22-13-19(11-12-19)15-5-3-2-4-6-15;/h2-10H,11-13,21H2,1H3,(H,22,23);1H. The summed E-state index contributed by atoms with van der Waals surface area (Å²) in [6.45, 7) is 2.40. The summed E-state index contributed by atoms with van der Waals surface area (Å²) in [5.41, 5.74) is 7.45. The number of carbonyl (C=O) groups is 1. The van der Waals surface area contributed by atoms with E-state index in [9.17, 15) is 4.79 Å². The van der Waals surface area contributed by atoms with Gasteiger partial charge in [0.05, 0.1) is 0 Å². The molecule has 1 aliphatic rings. The van der Waals surface area contributed by atoms with Crippen LogP contribution in [0.15, 0.2) is 59.1 Å². The predicted molar refractivity (Wildman–Crippen MR) is 103 cm³/mol. The fourth-order valence-corrected chi connectivity index (χ4v) is 3.13. The van der Waals surface area contributed by atoms with Gasteiger partial charge in [0.15, 0.2) is 0 Å². The molecule has 128 valence electrons. The van der Waals surface area contributed by atoms with Crippen molar-refractivity contribution in [2.45, 2.75) is 30.7 Å². The number of nitrogens with one attached hydrogen (secondary N) is 1. The molecule has 0 spiro atoms. The highest BCUT2D eigenvalue weighted by atomic mass is 79.9. The maximum absolute atomic E-state index is 12.6. The molecule has 0 bridgehead atoms. The van der Waals surface area contributed by atoms with Gasteiger partial charge >= 0.3 is 0 Å². The monoisotopic (exact) mass is 408 g/mol. The molecule has 24 heavy (non-hydrogen) atoms. The second-order valence-corrected chi connectivity index (χ2v) is 7.45. The molecular formula is C19H22BrClN2O. The first-order chi connectivity index (χ1) is 10.9. The highest BCUT2D eigenvalue weighted by molar-refractivity contribution is 9.10. The maximum atomic E-state index is 12.6. The first-order valence-electron chi connectivity index (χ1n) is 7.83. The van der Waals surface area contributed by atoms with Gasteiger partial charge in [-0.05, 0) is 43.0 Å². The molecule has 0 heterocycles. The SMILES string of the molecule is CC(N)(C(=O)NCC1(c2ccccc2)CC1)c1ccc(Br)cc1.Cl. The Bertz CT molecular complexity index is 697. The molecule has 0 radical (unpaired) electrons. The molecule has 1 unspecified atom stereocenters. The van der Waals surface area contributed by atoms with Gasteiger partial charge in [-0.1, -0.05) is 58.4 Å². The van der Waals surface area contributed by atoms with Crippen LogP contribution in [0.1, 0.15) is 30.9 Å². The lowest BCUT2D eigenvalue weighted by Crippen LogP contribution is -2.50. The van der Waals surface area contributed by atoms with Crippen LogP contribution in [0.5, 0.6) is 0 Å². The fraction of sp³-hybridized carbons (Fsp3) is 0.316. The van der Waals surface area contributed by atoms with Crippen LogP contribution in [0.25, 0.3) is 0 Å². The van der Waals surface area contributed by atoms with Crippen LogP contribution >= 0.6 is 28.3 Å². The van der Waals surface area contributed by atoms with Crippen molar-refractivity contribution in [3.05, 3.63) is 70.2 Å². The molecule has 2 aromatic rings. The minimum atomic E-state index is -1.03. The minimum absolute atomic E-state index is 0. The van der Waals surface area contributed by atoms with Crippen LogP contribution in [-0.4, -0.2) is 12.5 Å². The first kappa shape index (κ1) is 19.0. The van der Waals surface area contributed by atoms with Gasteiger partial charge in [-0.3, -0.25) is 4.79 Å². The van der Waals surface area contributed by atoms with Crippen molar-refractivity contribution in [3.63, 3.8) is 0 Å². The number of carbonyl (C=O) groups excluding carboxylic acids is 1. The highest BCUT2D eigenvalue weighted by Gasteiger charge is 2.45. The minimum Gasteiger partial charge on any atom is -0.353 e. The topological polar surface area (TPSA) is 55.1 Å². The second-order valence-electron chi connectivity index (χ2n) is 6.54. The zero-order valence-electron chi connectivity index (χ0n) is 13.6. The molecule has 1 aliphatic carbocycles. The summed E-state index contributed by atoms with van der Waals surface area (Å²) in [6.07, 6.45) is 2.22. The van der Waals surface area contributed by atoms with E-state index in [1.807, 2.05) is 42.5 Å². The molecule has 3 N–H and O–H groups in total. The van der Waals surface area contributed by atoms with Gasteiger partial charge in [0.2, 0.25) is 5.91 Å². The van der Waals surface area contributed by atoms with Crippen molar-refractivity contribution in [2.75, 3.05) is 6.54 Å². The Hall–Kier alpha value is -1.36. The third-order valence-corrected chi connectivity index (χ3v) is 5.27. The van der Waals surface area contributed by atoms with E-state index in [1.165, 1.54) is 5.56 Å². The lowest BCUT2D eigenvalue weighted by Gasteiger charge is -2.26. The Morgan fingerprint density at radius 1 is 1.17 bits per heavy atom. The van der Waals surface area contributed by atoms with E-state index in [-0.39, 0.29) is 23.7 Å². The zero-order valence-corrected chi connectivity index (χ0v) is 16.0. The average molecular weight is 410 g/mol. The molecule has 0 aromatic heterocycles. The third kappa shape index (κ3) is 3.82. The van der Waals surface area contributed by atoms with Crippen LogP contribution < -0.4 is 11.1 Å².